The van der Waals surface area contributed by atoms with E-state index in [0.29, 0.717) is 0 Å². The molecule has 378 valence electrons. The Morgan fingerprint density at radius 3 is 0.738 bits per heavy atom. The molecule has 0 aliphatic carbocycles. The Hall–Kier alpha value is -8.87. The van der Waals surface area contributed by atoms with Gasteiger partial charge < -0.3 is 18.9 Å². The molecule has 0 N–H and O–H groups in total. The van der Waals surface area contributed by atoms with E-state index in [9.17, 15) is 0 Å². The van der Waals surface area contributed by atoms with Gasteiger partial charge in [-0.15, -0.1) is 0 Å². The van der Waals surface area contributed by atoms with E-state index in [4.69, 9.17) is 0 Å². The number of anilines is 6. The fourth-order valence-electron chi connectivity index (χ4n) is 14.4. The van der Waals surface area contributed by atoms with E-state index < -0.39 is 30.4 Å². The second-order valence-corrected chi connectivity index (χ2v) is 34.2. The van der Waals surface area contributed by atoms with Crippen LogP contribution in [0.4, 0.5) is 34.1 Å². The number of hydrogen-bond acceptors (Lipinski definition) is 4. The molecular weight excluding hydrogens is 1040 g/mol. The fourth-order valence-corrected chi connectivity index (χ4v) is 31.0. The van der Waals surface area contributed by atoms with Gasteiger partial charge in [-0.25, -0.2) is 0 Å². The standard InChI is InChI=1S/C72H50N2O2P2Si2/c75-77(53-47-43-51(44-48-53)73-59-31-13-17-39-67(59)79(55-23-5-1-6-24-55,56-25-7-2-8-26-56)68-40-18-14-32-60(68)73)63-35-21-37-65-71(63)72-64(77)36-22-38-66(72)78(65,76)54-49-45-52(46-50-54)74-61-33-15-19-41-69(61)80(57-27-9-3-10-28-57,58-29-11-4-12-30-58)70-42-20-16-34-62(70)74/h1-50H. The van der Waals surface area contributed by atoms with Crippen LogP contribution >= 0.6 is 14.3 Å². The lowest BCUT2D eigenvalue weighted by Crippen LogP contribution is -2.77. The number of nitrogens with zero attached hydrogens (tertiary/aromatic N) is 2. The van der Waals surface area contributed by atoms with E-state index in [-0.39, 0.29) is 0 Å². The van der Waals surface area contributed by atoms with Crippen LogP contribution in [0.1, 0.15) is 0 Å². The van der Waals surface area contributed by atoms with Gasteiger partial charge in [-0.05, 0) is 114 Å². The van der Waals surface area contributed by atoms with E-state index in [1.165, 1.54) is 41.5 Å². The highest BCUT2D eigenvalue weighted by Crippen LogP contribution is 2.61. The third kappa shape index (κ3) is 6.22. The van der Waals surface area contributed by atoms with Crippen LogP contribution < -0.4 is 83.1 Å². The lowest BCUT2D eigenvalue weighted by atomic mass is 10.1. The second kappa shape index (κ2) is 17.8. The fraction of sp³-hybridized carbons (Fsp3) is 0. The molecule has 0 unspecified atom stereocenters. The van der Waals surface area contributed by atoms with Gasteiger partial charge in [0.25, 0.3) is 0 Å². The monoisotopic (exact) mass is 1090 g/mol. The summed E-state index contributed by atoms with van der Waals surface area (Å²) >= 11 is 0. The third-order valence-corrected chi connectivity index (χ3v) is 33.6. The number of rotatable bonds is 8. The molecule has 0 spiro atoms. The molecule has 0 bridgehead atoms. The first-order chi connectivity index (χ1) is 39.5. The average Bonchev–Trinajstić information content (AvgIpc) is 4.17. The molecule has 0 saturated heterocycles. The topological polar surface area (TPSA) is 40.6 Å². The molecule has 4 aliphatic rings. The molecule has 12 aromatic rings. The molecular formula is C72H50N2O2P2Si2. The van der Waals surface area contributed by atoms with Crippen molar-refractivity contribution in [1.82, 2.24) is 0 Å². The molecule has 4 aliphatic heterocycles. The first kappa shape index (κ1) is 47.2. The Kier molecular flexibility index (Phi) is 10.5. The summed E-state index contributed by atoms with van der Waals surface area (Å²) in [6, 6.07) is 109. The molecule has 0 atom stereocenters. The highest BCUT2D eigenvalue weighted by atomic mass is 31.2. The van der Waals surface area contributed by atoms with Crippen LogP contribution in [-0.2, 0) is 9.13 Å². The molecule has 16 rings (SSSR count). The largest absolute Gasteiger partial charge is 0.311 e. The summed E-state index contributed by atoms with van der Waals surface area (Å²) in [5.41, 5.74) is 8.34. The molecule has 0 radical (unpaired) electrons. The second-order valence-electron chi connectivity index (χ2n) is 21.3. The molecule has 4 heterocycles. The van der Waals surface area contributed by atoms with Crippen LogP contribution in [0.2, 0.25) is 0 Å². The van der Waals surface area contributed by atoms with E-state index in [2.05, 4.69) is 277 Å². The van der Waals surface area contributed by atoms with Gasteiger partial charge in [0.05, 0.1) is 0 Å². The smallest absolute Gasteiger partial charge is 0.184 e. The predicted molar refractivity (Wildman–Crippen MR) is 341 cm³/mol. The number of benzene rings is 12. The Morgan fingerprint density at radius 2 is 0.475 bits per heavy atom. The van der Waals surface area contributed by atoms with Crippen molar-refractivity contribution in [3.63, 3.8) is 0 Å². The minimum absolute atomic E-state index is 0.765. The molecule has 4 nitrogen and oxygen atoms in total. The van der Waals surface area contributed by atoms with Gasteiger partial charge >= 0.3 is 0 Å². The summed E-state index contributed by atoms with van der Waals surface area (Å²) < 4.78 is 32.8. The molecule has 0 amide bonds. The van der Waals surface area contributed by atoms with Gasteiger partial charge in [-0.3, -0.25) is 0 Å². The van der Waals surface area contributed by atoms with E-state index >= 15 is 9.13 Å². The molecule has 0 saturated carbocycles. The molecule has 12 aromatic carbocycles. The Morgan fingerprint density at radius 1 is 0.237 bits per heavy atom. The zero-order chi connectivity index (χ0) is 53.2. The van der Waals surface area contributed by atoms with Gasteiger partial charge in [-0.1, -0.05) is 231 Å². The molecule has 0 fully saturated rings. The van der Waals surface area contributed by atoms with Crippen LogP contribution in [-0.4, -0.2) is 16.1 Å². The minimum atomic E-state index is -3.41. The highest BCUT2D eigenvalue weighted by Gasteiger charge is 2.53. The van der Waals surface area contributed by atoms with Gasteiger partial charge in [0.1, 0.15) is 0 Å². The van der Waals surface area contributed by atoms with E-state index in [1.54, 1.807) is 0 Å². The van der Waals surface area contributed by atoms with Gasteiger partial charge in [0, 0.05) is 77.1 Å². The van der Waals surface area contributed by atoms with E-state index in [0.717, 1.165) is 77.1 Å². The average molecular weight is 1090 g/mol. The lowest BCUT2D eigenvalue weighted by molar-refractivity contribution is 0.592. The Balaban J connectivity index is 0.782. The third-order valence-electron chi connectivity index (χ3n) is 17.6. The maximum Gasteiger partial charge on any atom is 0.184 e. The van der Waals surface area contributed by atoms with Crippen molar-refractivity contribution in [2.45, 2.75) is 0 Å². The maximum absolute atomic E-state index is 16.4. The highest BCUT2D eigenvalue weighted by molar-refractivity contribution is 7.89. The first-order valence-corrected chi connectivity index (χ1v) is 34.8. The van der Waals surface area contributed by atoms with Crippen molar-refractivity contribution in [2.75, 3.05) is 9.80 Å². The summed E-state index contributed by atoms with van der Waals surface area (Å²) in [5, 5.41) is 15.2. The number of hydrogen-bond donors (Lipinski definition) is 0. The van der Waals surface area contributed by atoms with Crippen LogP contribution in [0.3, 0.4) is 0 Å². The summed E-state index contributed by atoms with van der Waals surface area (Å²) in [4.78, 5) is 4.79. The Bertz CT molecular complexity index is 4030. The summed E-state index contributed by atoms with van der Waals surface area (Å²) in [6.45, 7) is 0. The molecule has 0 aromatic heterocycles. The van der Waals surface area contributed by atoms with Gasteiger partial charge in [0.15, 0.2) is 30.4 Å². The van der Waals surface area contributed by atoms with Crippen molar-refractivity contribution in [1.29, 1.82) is 0 Å². The van der Waals surface area contributed by atoms with Crippen molar-refractivity contribution in [3.05, 3.63) is 303 Å². The van der Waals surface area contributed by atoms with Crippen molar-refractivity contribution < 1.29 is 9.13 Å². The summed E-state index contributed by atoms with van der Waals surface area (Å²) in [7, 11) is -12.4. The maximum atomic E-state index is 16.4. The number of fused-ring (bicyclic) bond motifs is 4. The first-order valence-electron chi connectivity index (χ1n) is 27.4. The minimum Gasteiger partial charge on any atom is -0.311 e. The van der Waals surface area contributed by atoms with Crippen LogP contribution in [0, 0.1) is 0 Å². The quantitative estimate of drug-likeness (QED) is 0.112. The molecule has 8 heteroatoms. The van der Waals surface area contributed by atoms with Gasteiger partial charge in [-0.2, -0.15) is 0 Å². The lowest BCUT2D eigenvalue weighted by Gasteiger charge is -2.45. The van der Waals surface area contributed by atoms with Crippen LogP contribution in [0.15, 0.2) is 303 Å². The predicted octanol–water partition coefficient (Wildman–Crippen LogP) is 9.58. The number of para-hydroxylation sites is 4. The summed E-state index contributed by atoms with van der Waals surface area (Å²) in [5.74, 6) is 0. The van der Waals surface area contributed by atoms with Crippen molar-refractivity contribution in [2.24, 2.45) is 0 Å². The van der Waals surface area contributed by atoms with Gasteiger partial charge in [0.2, 0.25) is 0 Å². The SMILES string of the molecule is O=P1(c2ccc(N3c4ccccc4[Si](c4ccccc4)(c4ccccc4)c4ccccc43)cc2)c2cccc3c2-c2c1cccc2P3(=O)c1ccc(N2c3ccccc3[Si](c3ccccc3)(c3ccccc3)c3ccccc32)cc1. The Labute approximate surface area is 468 Å². The zero-order valence-corrected chi connectivity index (χ0v) is 47.3. The summed E-state index contributed by atoms with van der Waals surface area (Å²) in [6.07, 6.45) is 0. The van der Waals surface area contributed by atoms with Crippen LogP contribution in [0.5, 0.6) is 0 Å². The molecule has 80 heavy (non-hydrogen) atoms. The zero-order valence-electron chi connectivity index (χ0n) is 43.5. The van der Waals surface area contributed by atoms with Crippen molar-refractivity contribution in [3.8, 4) is 11.1 Å². The van der Waals surface area contributed by atoms with Crippen molar-refractivity contribution >= 4 is 138 Å². The van der Waals surface area contributed by atoms with Crippen LogP contribution in [0.25, 0.3) is 11.1 Å². The normalized spacial score (nSPS) is 15.7. The van der Waals surface area contributed by atoms with E-state index in [1.807, 2.05) is 36.4 Å².